The molecular formula is C22H40N2O10. The highest BCUT2D eigenvalue weighted by molar-refractivity contribution is 5.95. The minimum atomic E-state index is -0.635. The molecule has 12 nitrogen and oxygen atoms in total. The van der Waals surface area contributed by atoms with Crippen molar-refractivity contribution in [1.82, 2.24) is 10.6 Å². The van der Waals surface area contributed by atoms with Gasteiger partial charge in [0.1, 0.15) is 12.8 Å². The van der Waals surface area contributed by atoms with Crippen molar-refractivity contribution in [2.75, 3.05) is 80.2 Å². The van der Waals surface area contributed by atoms with Gasteiger partial charge in [-0.05, 0) is 12.8 Å². The molecule has 0 atom stereocenters. The maximum absolute atomic E-state index is 11.7. The Balaban J connectivity index is 3.57. The summed E-state index contributed by atoms with van der Waals surface area (Å²) in [5.41, 5.74) is 0. The molecular weight excluding hydrogens is 452 g/mol. The van der Waals surface area contributed by atoms with Crippen molar-refractivity contribution in [2.24, 2.45) is 0 Å². The molecule has 0 radical (unpaired) electrons. The molecule has 0 aliphatic heterocycles. The van der Waals surface area contributed by atoms with Crippen molar-refractivity contribution >= 4 is 23.8 Å². The van der Waals surface area contributed by atoms with Gasteiger partial charge >= 0.3 is 11.9 Å². The van der Waals surface area contributed by atoms with Crippen molar-refractivity contribution in [3.8, 4) is 0 Å². The van der Waals surface area contributed by atoms with Crippen LogP contribution in [0.1, 0.15) is 38.5 Å². The number of methoxy groups -OCH3 is 2. The predicted molar refractivity (Wildman–Crippen MR) is 121 cm³/mol. The van der Waals surface area contributed by atoms with Crippen LogP contribution >= 0.6 is 0 Å². The Bertz CT molecular complexity index is 512. The Morgan fingerprint density at radius 2 is 0.882 bits per heavy atom. The molecule has 0 aromatic rings. The number of esters is 2. The van der Waals surface area contributed by atoms with E-state index in [1.165, 1.54) is 0 Å². The second-order valence-corrected chi connectivity index (χ2v) is 7.12. The molecule has 2 N–H and O–H groups in total. The maximum atomic E-state index is 11.7. The van der Waals surface area contributed by atoms with Gasteiger partial charge in [-0.15, -0.1) is 0 Å². The summed E-state index contributed by atoms with van der Waals surface area (Å²) < 4.78 is 30.4. The third-order valence-corrected chi connectivity index (χ3v) is 4.05. The molecule has 2 amide bonds. The van der Waals surface area contributed by atoms with E-state index >= 15 is 0 Å². The van der Waals surface area contributed by atoms with Crippen LogP contribution in [-0.2, 0) is 47.6 Å². The molecule has 0 rings (SSSR count). The third-order valence-electron chi connectivity index (χ3n) is 4.05. The van der Waals surface area contributed by atoms with Crippen LogP contribution in [0.3, 0.4) is 0 Å². The molecule has 0 aromatic carbocycles. The van der Waals surface area contributed by atoms with E-state index in [0.29, 0.717) is 52.5 Å². The first-order chi connectivity index (χ1) is 16.5. The van der Waals surface area contributed by atoms with Gasteiger partial charge in [0.15, 0.2) is 0 Å². The normalized spacial score (nSPS) is 10.5. The summed E-state index contributed by atoms with van der Waals surface area (Å²) >= 11 is 0. The van der Waals surface area contributed by atoms with Crippen molar-refractivity contribution in [3.63, 3.8) is 0 Å². The molecule has 12 heteroatoms. The van der Waals surface area contributed by atoms with E-state index in [2.05, 4.69) is 10.6 Å². The zero-order valence-corrected chi connectivity index (χ0v) is 20.4. The molecule has 198 valence electrons. The topological polar surface area (TPSA) is 148 Å². The number of amides is 2. The first-order valence-corrected chi connectivity index (χ1v) is 11.5. The molecule has 0 heterocycles. The highest BCUT2D eigenvalue weighted by Crippen LogP contribution is 1.93. The third kappa shape index (κ3) is 22.9. The molecule has 0 bridgehead atoms. The molecule has 0 aromatic heterocycles. The lowest BCUT2D eigenvalue weighted by Gasteiger charge is -2.08. The van der Waals surface area contributed by atoms with Crippen LogP contribution in [0, 0.1) is 0 Å². The fraction of sp³-hybridized carbons (Fsp3) is 0.818. The Morgan fingerprint density at radius 3 is 1.24 bits per heavy atom. The summed E-state index contributed by atoms with van der Waals surface area (Å²) in [5, 5.41) is 4.98. The van der Waals surface area contributed by atoms with Gasteiger partial charge in [-0.3, -0.25) is 19.2 Å². The number of hydrogen-bond acceptors (Lipinski definition) is 10. The van der Waals surface area contributed by atoms with E-state index < -0.39 is 36.6 Å². The lowest BCUT2D eigenvalue weighted by Crippen LogP contribution is -2.36. The van der Waals surface area contributed by atoms with E-state index in [-0.39, 0.29) is 26.3 Å². The monoisotopic (exact) mass is 492 g/mol. The van der Waals surface area contributed by atoms with Crippen LogP contribution in [0.15, 0.2) is 0 Å². The average molecular weight is 493 g/mol. The largest absolute Gasteiger partial charge is 0.465 e. The molecule has 0 spiro atoms. The van der Waals surface area contributed by atoms with Crippen LogP contribution < -0.4 is 10.6 Å². The number of carbonyl (C=O) groups excluding carboxylic acids is 4. The van der Waals surface area contributed by atoms with Crippen LogP contribution in [0.25, 0.3) is 0 Å². The van der Waals surface area contributed by atoms with Crippen molar-refractivity contribution in [1.29, 1.82) is 0 Å². The van der Waals surface area contributed by atoms with E-state index in [0.717, 1.165) is 12.8 Å². The number of hydrogen-bond donors (Lipinski definition) is 2. The van der Waals surface area contributed by atoms with E-state index in [9.17, 15) is 19.2 Å². The standard InChI is InChI=1S/C22H40N2O10/c1-29-9-3-11-31-13-5-15-33-21(27)17-19(25)23-7-8-24-20(26)18-22(28)34-16-6-14-32-12-4-10-30-2/h3-18H2,1-2H3,(H,23,25)(H,24,26). The fourth-order valence-corrected chi connectivity index (χ4v) is 2.40. The molecule has 0 aliphatic carbocycles. The van der Waals surface area contributed by atoms with Crippen molar-refractivity contribution in [3.05, 3.63) is 0 Å². The van der Waals surface area contributed by atoms with Gasteiger partial charge in [0.25, 0.3) is 0 Å². The summed E-state index contributed by atoms with van der Waals surface area (Å²) in [5.74, 6) is -2.30. The Morgan fingerprint density at radius 1 is 0.529 bits per heavy atom. The van der Waals surface area contributed by atoms with Crippen molar-refractivity contribution < 1.29 is 47.6 Å². The van der Waals surface area contributed by atoms with Crippen LogP contribution in [-0.4, -0.2) is 104 Å². The van der Waals surface area contributed by atoms with Gasteiger partial charge in [0.05, 0.1) is 13.2 Å². The average Bonchev–Trinajstić information content (AvgIpc) is 2.80. The minimum absolute atomic E-state index is 0.114. The van der Waals surface area contributed by atoms with E-state index in [1.807, 2.05) is 0 Å². The highest BCUT2D eigenvalue weighted by Gasteiger charge is 2.12. The zero-order valence-electron chi connectivity index (χ0n) is 20.4. The smallest absolute Gasteiger partial charge is 0.315 e. The van der Waals surface area contributed by atoms with Crippen LogP contribution in [0.5, 0.6) is 0 Å². The van der Waals surface area contributed by atoms with Crippen LogP contribution in [0.2, 0.25) is 0 Å². The quantitative estimate of drug-likeness (QED) is 0.113. The number of nitrogens with one attached hydrogen (secondary N) is 2. The van der Waals surface area contributed by atoms with Gasteiger partial charge in [0, 0.05) is 79.8 Å². The van der Waals surface area contributed by atoms with Gasteiger partial charge in [0.2, 0.25) is 11.8 Å². The maximum Gasteiger partial charge on any atom is 0.315 e. The lowest BCUT2D eigenvalue weighted by atomic mass is 10.4. The Hall–Kier alpha value is -2.28. The number of ether oxygens (including phenoxy) is 6. The zero-order chi connectivity index (χ0) is 25.3. The SMILES string of the molecule is COCCCOCCCOC(=O)CC(=O)NCCNC(=O)CC(=O)OCCCOCCCOC. The van der Waals surface area contributed by atoms with Gasteiger partial charge in [-0.25, -0.2) is 0 Å². The molecule has 0 aliphatic rings. The van der Waals surface area contributed by atoms with E-state index in [4.69, 9.17) is 28.4 Å². The van der Waals surface area contributed by atoms with Crippen LogP contribution in [0.4, 0.5) is 0 Å². The van der Waals surface area contributed by atoms with Gasteiger partial charge in [-0.1, -0.05) is 0 Å². The summed E-state index contributed by atoms with van der Waals surface area (Å²) in [7, 11) is 3.25. The lowest BCUT2D eigenvalue weighted by molar-refractivity contribution is -0.148. The second kappa shape index (κ2) is 23.9. The summed E-state index contributed by atoms with van der Waals surface area (Å²) in [6.45, 7) is 3.90. The Kier molecular flexibility index (Phi) is 22.3. The fourth-order valence-electron chi connectivity index (χ4n) is 2.40. The van der Waals surface area contributed by atoms with Crippen molar-refractivity contribution in [2.45, 2.75) is 38.5 Å². The molecule has 0 unspecified atom stereocenters. The minimum Gasteiger partial charge on any atom is -0.465 e. The first kappa shape index (κ1) is 31.7. The first-order valence-electron chi connectivity index (χ1n) is 11.5. The summed E-state index contributed by atoms with van der Waals surface area (Å²) in [6.07, 6.45) is 1.85. The highest BCUT2D eigenvalue weighted by atomic mass is 16.5. The van der Waals surface area contributed by atoms with Gasteiger partial charge in [-0.2, -0.15) is 0 Å². The molecule has 0 saturated carbocycles. The summed E-state index contributed by atoms with van der Waals surface area (Å²) in [6, 6.07) is 0. The predicted octanol–water partition coefficient (Wildman–Crippen LogP) is -0.0282. The number of carbonyl (C=O) groups is 4. The summed E-state index contributed by atoms with van der Waals surface area (Å²) in [4.78, 5) is 46.6. The molecule has 0 saturated heterocycles. The van der Waals surface area contributed by atoms with E-state index in [1.54, 1.807) is 14.2 Å². The Labute approximate surface area is 201 Å². The van der Waals surface area contributed by atoms with Gasteiger partial charge < -0.3 is 39.1 Å². The molecule has 0 fully saturated rings. The molecule has 34 heavy (non-hydrogen) atoms. The second-order valence-electron chi connectivity index (χ2n) is 7.12. The number of rotatable bonds is 23.